The van der Waals surface area contributed by atoms with E-state index in [-0.39, 0.29) is 18.4 Å². The monoisotopic (exact) mass is 292 g/mol. The van der Waals surface area contributed by atoms with E-state index in [0.717, 1.165) is 12.0 Å². The lowest BCUT2D eigenvalue weighted by Crippen LogP contribution is -2.44. The number of nitrogens with two attached hydrogens (primary N) is 1. The van der Waals surface area contributed by atoms with Crippen molar-refractivity contribution in [1.29, 1.82) is 0 Å². The van der Waals surface area contributed by atoms with Gasteiger partial charge in [-0.1, -0.05) is 44.2 Å². The molecule has 0 aromatic heterocycles. The van der Waals surface area contributed by atoms with Gasteiger partial charge in [0.15, 0.2) is 0 Å². The average Bonchev–Trinajstić information content (AvgIpc) is 2.45. The molecule has 0 saturated carbocycles. The van der Waals surface area contributed by atoms with Crippen LogP contribution in [0.15, 0.2) is 30.3 Å². The molecular weight excluding hydrogens is 268 g/mol. The number of carbonyl (C=O) groups is 2. The molecular formula is C16H24N2O3. The Morgan fingerprint density at radius 2 is 1.86 bits per heavy atom. The Labute approximate surface area is 125 Å². The predicted octanol–water partition coefficient (Wildman–Crippen LogP) is 1.42. The zero-order valence-corrected chi connectivity index (χ0v) is 12.6. The number of hydrogen-bond donors (Lipinski definition) is 3. The highest BCUT2D eigenvalue weighted by Gasteiger charge is 2.23. The lowest BCUT2D eigenvalue weighted by Gasteiger charge is -2.18. The fourth-order valence-corrected chi connectivity index (χ4v) is 2.05. The van der Waals surface area contributed by atoms with Crippen LogP contribution in [-0.2, 0) is 16.0 Å². The fraction of sp³-hybridized carbons (Fsp3) is 0.500. The predicted molar refractivity (Wildman–Crippen MR) is 81.7 cm³/mol. The number of carboxylic acid groups (broad SMARTS) is 1. The van der Waals surface area contributed by atoms with E-state index in [1.54, 1.807) is 0 Å². The number of rotatable bonds is 8. The van der Waals surface area contributed by atoms with Gasteiger partial charge in [0.1, 0.15) is 0 Å². The Balaban J connectivity index is 2.39. The van der Waals surface area contributed by atoms with E-state index in [4.69, 9.17) is 10.8 Å². The van der Waals surface area contributed by atoms with E-state index in [1.807, 2.05) is 44.2 Å². The zero-order valence-electron chi connectivity index (χ0n) is 12.6. The first-order valence-corrected chi connectivity index (χ1v) is 7.21. The molecule has 5 heteroatoms. The van der Waals surface area contributed by atoms with Crippen molar-refractivity contribution < 1.29 is 14.7 Å². The minimum atomic E-state index is -0.900. The second-order valence-electron chi connectivity index (χ2n) is 5.56. The largest absolute Gasteiger partial charge is 0.481 e. The summed E-state index contributed by atoms with van der Waals surface area (Å²) in [4.78, 5) is 22.9. The number of carbonyl (C=O) groups excluding carboxylic acids is 1. The molecule has 1 rings (SSSR count). The molecule has 0 bridgehead atoms. The Kier molecular flexibility index (Phi) is 6.88. The molecule has 4 N–H and O–H groups in total. The van der Waals surface area contributed by atoms with Crippen LogP contribution in [0.2, 0.25) is 0 Å². The van der Waals surface area contributed by atoms with Gasteiger partial charge in [-0.15, -0.1) is 0 Å². The van der Waals surface area contributed by atoms with E-state index < -0.39 is 17.9 Å². The van der Waals surface area contributed by atoms with Crippen LogP contribution >= 0.6 is 0 Å². The Morgan fingerprint density at radius 3 is 2.38 bits per heavy atom. The molecule has 0 fully saturated rings. The van der Waals surface area contributed by atoms with Crippen molar-refractivity contribution in [2.24, 2.45) is 17.6 Å². The smallest absolute Gasteiger partial charge is 0.308 e. The van der Waals surface area contributed by atoms with Crippen molar-refractivity contribution in [3.63, 3.8) is 0 Å². The topological polar surface area (TPSA) is 92.4 Å². The van der Waals surface area contributed by atoms with E-state index >= 15 is 0 Å². The molecule has 0 aliphatic rings. The molecule has 5 nitrogen and oxygen atoms in total. The quantitative estimate of drug-likeness (QED) is 0.675. The number of aliphatic carboxylic acids is 1. The first kappa shape index (κ1) is 17.2. The molecule has 0 aliphatic heterocycles. The van der Waals surface area contributed by atoms with E-state index in [0.29, 0.717) is 6.42 Å². The van der Waals surface area contributed by atoms with Gasteiger partial charge >= 0.3 is 5.97 Å². The summed E-state index contributed by atoms with van der Waals surface area (Å²) in [5.41, 5.74) is 6.97. The maximum absolute atomic E-state index is 11.9. The molecule has 2 atom stereocenters. The summed E-state index contributed by atoms with van der Waals surface area (Å²) in [6.07, 6.45) is 1.26. The van der Waals surface area contributed by atoms with Gasteiger partial charge < -0.3 is 16.2 Å². The van der Waals surface area contributed by atoms with Crippen molar-refractivity contribution in [3.8, 4) is 0 Å². The summed E-state index contributed by atoms with van der Waals surface area (Å²) >= 11 is 0. The van der Waals surface area contributed by atoms with Crippen molar-refractivity contribution >= 4 is 11.9 Å². The second kappa shape index (κ2) is 8.42. The zero-order chi connectivity index (χ0) is 15.8. The van der Waals surface area contributed by atoms with Crippen LogP contribution < -0.4 is 11.1 Å². The van der Waals surface area contributed by atoms with Crippen LogP contribution in [0.5, 0.6) is 0 Å². The average molecular weight is 292 g/mol. The van der Waals surface area contributed by atoms with Gasteiger partial charge in [-0.3, -0.25) is 9.59 Å². The Bertz CT molecular complexity index is 460. The standard InChI is InChI=1S/C16H24N2O3/c1-11(2)13(16(20)21)10-18-15(19)14(17)9-8-12-6-4-3-5-7-12/h3-7,11,13-14H,8-10,17H2,1-2H3,(H,18,19)(H,20,21). The van der Waals surface area contributed by atoms with Crippen LogP contribution in [0.4, 0.5) is 0 Å². The fourth-order valence-electron chi connectivity index (χ4n) is 2.05. The van der Waals surface area contributed by atoms with Crippen molar-refractivity contribution in [2.45, 2.75) is 32.7 Å². The van der Waals surface area contributed by atoms with Gasteiger partial charge in [0.05, 0.1) is 12.0 Å². The van der Waals surface area contributed by atoms with Gasteiger partial charge in [-0.25, -0.2) is 0 Å². The summed E-state index contributed by atoms with van der Waals surface area (Å²) in [7, 11) is 0. The normalized spacial score (nSPS) is 13.7. The maximum atomic E-state index is 11.9. The molecule has 0 saturated heterocycles. The number of nitrogens with one attached hydrogen (secondary N) is 1. The van der Waals surface area contributed by atoms with Crippen LogP contribution in [0, 0.1) is 11.8 Å². The number of hydrogen-bond acceptors (Lipinski definition) is 3. The third-order valence-electron chi connectivity index (χ3n) is 3.54. The molecule has 0 radical (unpaired) electrons. The van der Waals surface area contributed by atoms with Gasteiger partial charge in [-0.05, 0) is 24.3 Å². The van der Waals surface area contributed by atoms with Gasteiger partial charge in [-0.2, -0.15) is 0 Å². The minimum absolute atomic E-state index is 0.0386. The molecule has 2 unspecified atom stereocenters. The lowest BCUT2D eigenvalue weighted by atomic mass is 9.96. The summed E-state index contributed by atoms with van der Waals surface area (Å²) in [6, 6.07) is 9.19. The first-order valence-electron chi connectivity index (χ1n) is 7.21. The van der Waals surface area contributed by atoms with E-state index in [1.165, 1.54) is 0 Å². The molecule has 116 valence electrons. The van der Waals surface area contributed by atoms with Crippen molar-refractivity contribution in [2.75, 3.05) is 6.54 Å². The van der Waals surface area contributed by atoms with Crippen LogP contribution in [-0.4, -0.2) is 29.6 Å². The molecule has 21 heavy (non-hydrogen) atoms. The molecule has 0 aliphatic carbocycles. The summed E-state index contributed by atoms with van der Waals surface area (Å²) in [5.74, 6) is -1.82. The number of amides is 1. The summed E-state index contributed by atoms with van der Waals surface area (Å²) < 4.78 is 0. The highest BCUT2D eigenvalue weighted by atomic mass is 16.4. The number of carboxylic acids is 1. The minimum Gasteiger partial charge on any atom is -0.481 e. The van der Waals surface area contributed by atoms with E-state index in [2.05, 4.69) is 5.32 Å². The van der Waals surface area contributed by atoms with Gasteiger partial charge in [0.2, 0.25) is 5.91 Å². The second-order valence-corrected chi connectivity index (χ2v) is 5.56. The van der Waals surface area contributed by atoms with Crippen LogP contribution in [0.3, 0.4) is 0 Å². The van der Waals surface area contributed by atoms with Crippen LogP contribution in [0.1, 0.15) is 25.8 Å². The molecule has 1 amide bonds. The van der Waals surface area contributed by atoms with Crippen LogP contribution in [0.25, 0.3) is 0 Å². The first-order chi connectivity index (χ1) is 9.91. The summed E-state index contributed by atoms with van der Waals surface area (Å²) in [6.45, 7) is 3.76. The SMILES string of the molecule is CC(C)C(CNC(=O)C(N)CCc1ccccc1)C(=O)O. The number of aryl methyl sites for hydroxylation is 1. The molecule has 0 heterocycles. The molecule has 0 spiro atoms. The Morgan fingerprint density at radius 1 is 1.24 bits per heavy atom. The summed E-state index contributed by atoms with van der Waals surface area (Å²) in [5, 5.41) is 11.7. The third-order valence-corrected chi connectivity index (χ3v) is 3.54. The van der Waals surface area contributed by atoms with Crippen molar-refractivity contribution in [3.05, 3.63) is 35.9 Å². The maximum Gasteiger partial charge on any atom is 0.308 e. The highest BCUT2D eigenvalue weighted by molar-refractivity contribution is 5.82. The van der Waals surface area contributed by atoms with Gasteiger partial charge in [0.25, 0.3) is 0 Å². The number of benzene rings is 1. The lowest BCUT2D eigenvalue weighted by molar-refractivity contribution is -0.143. The van der Waals surface area contributed by atoms with Crippen molar-refractivity contribution in [1.82, 2.24) is 5.32 Å². The molecule has 1 aromatic rings. The van der Waals surface area contributed by atoms with E-state index in [9.17, 15) is 9.59 Å². The Hall–Kier alpha value is -1.88. The highest BCUT2D eigenvalue weighted by Crippen LogP contribution is 2.10. The van der Waals surface area contributed by atoms with Gasteiger partial charge in [0, 0.05) is 6.54 Å². The molecule has 1 aromatic carbocycles. The third kappa shape index (κ3) is 5.95.